The summed E-state index contributed by atoms with van der Waals surface area (Å²) in [5.41, 5.74) is 7.75. The lowest BCUT2D eigenvalue weighted by Gasteiger charge is -2.12. The molecule has 0 saturated carbocycles. The fourth-order valence-corrected chi connectivity index (χ4v) is 4.14. The Hall–Kier alpha value is -3.67. The number of carbonyl (C=O) groups is 1. The molecule has 34 heavy (non-hydrogen) atoms. The Bertz CT molecular complexity index is 1280. The van der Waals surface area contributed by atoms with Gasteiger partial charge in [0.25, 0.3) is 0 Å². The Labute approximate surface area is 200 Å². The molecular weight excluding hydrogens is 426 g/mol. The Morgan fingerprint density at radius 2 is 1.41 bits per heavy atom. The molecule has 0 aliphatic rings. The van der Waals surface area contributed by atoms with Crippen LogP contribution in [0.1, 0.15) is 43.2 Å². The summed E-state index contributed by atoms with van der Waals surface area (Å²) in [7, 11) is 1.67. The smallest absolute Gasteiger partial charge is 0.303 e. The quantitative estimate of drug-likeness (QED) is 0.278. The molecule has 2 aromatic carbocycles. The fraction of sp³-hybridized carbons (Fsp3) is 0.321. The summed E-state index contributed by atoms with van der Waals surface area (Å²) < 4.78 is 7.75. The van der Waals surface area contributed by atoms with E-state index >= 15 is 0 Å². The van der Waals surface area contributed by atoms with Gasteiger partial charge in [-0.25, -0.2) is 9.97 Å². The third-order valence-corrected chi connectivity index (χ3v) is 6.07. The standard InChI is InChI=1S/C28H31N3O3/c1-19-9-13-21(14-10-19)26-27(22-15-11-20(2)12-16-22)30-28-23(29-26)18-24(34-3)31(28)17-7-5-4-6-8-25(32)33/h9-16,18H,4-8,17H2,1-3H3,(H,32,33). The number of hydrogen-bond donors (Lipinski definition) is 1. The number of aliphatic carboxylic acids is 1. The maximum Gasteiger partial charge on any atom is 0.303 e. The minimum atomic E-state index is -0.735. The minimum absolute atomic E-state index is 0.225. The van der Waals surface area contributed by atoms with E-state index in [0.717, 1.165) is 65.4 Å². The molecule has 176 valence electrons. The van der Waals surface area contributed by atoms with E-state index in [1.165, 1.54) is 11.1 Å². The van der Waals surface area contributed by atoms with Crippen molar-refractivity contribution in [2.24, 2.45) is 0 Å². The van der Waals surface area contributed by atoms with Crippen LogP contribution >= 0.6 is 0 Å². The zero-order valence-electron chi connectivity index (χ0n) is 20.0. The van der Waals surface area contributed by atoms with Gasteiger partial charge in [0.15, 0.2) is 11.5 Å². The third-order valence-electron chi connectivity index (χ3n) is 6.07. The number of fused-ring (bicyclic) bond motifs is 1. The number of carboxylic acids is 1. The molecule has 6 heteroatoms. The van der Waals surface area contributed by atoms with Crippen molar-refractivity contribution in [3.63, 3.8) is 0 Å². The number of aromatic nitrogens is 3. The molecule has 4 rings (SSSR count). The monoisotopic (exact) mass is 457 g/mol. The van der Waals surface area contributed by atoms with Crippen molar-refractivity contribution in [1.82, 2.24) is 14.5 Å². The highest BCUT2D eigenvalue weighted by Gasteiger charge is 2.18. The molecule has 0 aliphatic carbocycles. The number of ether oxygens (including phenoxy) is 1. The fourth-order valence-electron chi connectivity index (χ4n) is 4.14. The lowest BCUT2D eigenvalue weighted by atomic mass is 10.0. The van der Waals surface area contributed by atoms with E-state index in [4.69, 9.17) is 19.8 Å². The number of benzene rings is 2. The van der Waals surface area contributed by atoms with E-state index in [2.05, 4.69) is 66.9 Å². The van der Waals surface area contributed by atoms with Gasteiger partial charge in [-0.05, 0) is 26.7 Å². The maximum atomic E-state index is 10.7. The summed E-state index contributed by atoms with van der Waals surface area (Å²) in [5, 5.41) is 8.82. The van der Waals surface area contributed by atoms with Gasteiger partial charge >= 0.3 is 5.97 Å². The van der Waals surface area contributed by atoms with Crippen molar-refractivity contribution in [1.29, 1.82) is 0 Å². The Morgan fingerprint density at radius 3 is 1.97 bits per heavy atom. The Kier molecular flexibility index (Phi) is 7.26. The van der Waals surface area contributed by atoms with Gasteiger partial charge in [-0.2, -0.15) is 0 Å². The number of methoxy groups -OCH3 is 1. The van der Waals surface area contributed by atoms with Crippen LogP contribution in [0.5, 0.6) is 5.88 Å². The number of carboxylic acid groups (broad SMARTS) is 1. The molecule has 4 aromatic rings. The van der Waals surface area contributed by atoms with E-state index in [1.54, 1.807) is 7.11 Å². The van der Waals surface area contributed by atoms with Gasteiger partial charge in [-0.15, -0.1) is 0 Å². The van der Waals surface area contributed by atoms with Crippen LogP contribution in [0, 0.1) is 13.8 Å². The van der Waals surface area contributed by atoms with Crippen LogP contribution in [0.15, 0.2) is 54.6 Å². The van der Waals surface area contributed by atoms with Gasteiger partial charge in [0, 0.05) is 30.2 Å². The second kappa shape index (κ2) is 10.5. The summed E-state index contributed by atoms with van der Waals surface area (Å²) >= 11 is 0. The molecule has 0 fully saturated rings. The van der Waals surface area contributed by atoms with Crippen molar-refractivity contribution < 1.29 is 14.6 Å². The predicted molar refractivity (Wildman–Crippen MR) is 135 cm³/mol. The number of rotatable bonds is 10. The van der Waals surface area contributed by atoms with Gasteiger partial charge in [0.05, 0.1) is 18.5 Å². The van der Waals surface area contributed by atoms with Gasteiger partial charge in [0.1, 0.15) is 5.52 Å². The zero-order valence-corrected chi connectivity index (χ0v) is 20.0. The number of aryl methyl sites for hydroxylation is 3. The van der Waals surface area contributed by atoms with Crippen LogP contribution in [-0.2, 0) is 11.3 Å². The first-order valence-corrected chi connectivity index (χ1v) is 11.8. The Balaban J connectivity index is 1.73. The van der Waals surface area contributed by atoms with E-state index in [1.807, 2.05) is 6.07 Å². The van der Waals surface area contributed by atoms with Crippen molar-refractivity contribution in [2.75, 3.05) is 7.11 Å². The topological polar surface area (TPSA) is 77.2 Å². The van der Waals surface area contributed by atoms with Crippen LogP contribution in [0.25, 0.3) is 33.7 Å². The molecular formula is C28H31N3O3. The third kappa shape index (κ3) is 5.28. The highest BCUT2D eigenvalue weighted by Crippen LogP contribution is 2.34. The molecule has 0 radical (unpaired) electrons. The van der Waals surface area contributed by atoms with E-state index in [0.29, 0.717) is 6.42 Å². The molecule has 0 atom stereocenters. The summed E-state index contributed by atoms with van der Waals surface area (Å²) in [4.78, 5) is 20.9. The molecule has 0 amide bonds. The SMILES string of the molecule is COc1cc2nc(-c3ccc(C)cc3)c(-c3ccc(C)cc3)nc2n1CCCCCCC(=O)O. The van der Waals surface area contributed by atoms with Gasteiger partial charge < -0.3 is 9.84 Å². The van der Waals surface area contributed by atoms with E-state index in [-0.39, 0.29) is 6.42 Å². The van der Waals surface area contributed by atoms with Crippen LogP contribution in [0.2, 0.25) is 0 Å². The highest BCUT2D eigenvalue weighted by molar-refractivity contribution is 5.86. The largest absolute Gasteiger partial charge is 0.482 e. The van der Waals surface area contributed by atoms with Crippen molar-refractivity contribution in [2.45, 2.75) is 52.5 Å². The first-order chi connectivity index (χ1) is 16.5. The second-order valence-electron chi connectivity index (χ2n) is 8.76. The molecule has 2 heterocycles. The van der Waals surface area contributed by atoms with Gasteiger partial charge in [-0.3, -0.25) is 9.36 Å². The predicted octanol–water partition coefficient (Wildman–Crippen LogP) is 6.43. The zero-order chi connectivity index (χ0) is 24.1. The molecule has 1 N–H and O–H groups in total. The average Bonchev–Trinajstić information content (AvgIpc) is 3.18. The highest BCUT2D eigenvalue weighted by atomic mass is 16.5. The van der Waals surface area contributed by atoms with Crippen molar-refractivity contribution in [3.05, 3.63) is 65.7 Å². The molecule has 0 aliphatic heterocycles. The van der Waals surface area contributed by atoms with Crippen LogP contribution in [-0.4, -0.2) is 32.7 Å². The number of nitrogens with zero attached hydrogens (tertiary/aromatic N) is 3. The lowest BCUT2D eigenvalue weighted by molar-refractivity contribution is -0.137. The molecule has 0 saturated heterocycles. The molecule has 0 spiro atoms. The molecule has 0 bridgehead atoms. The van der Waals surface area contributed by atoms with E-state index in [9.17, 15) is 4.79 Å². The first-order valence-electron chi connectivity index (χ1n) is 11.8. The normalized spacial score (nSPS) is 11.1. The summed E-state index contributed by atoms with van der Waals surface area (Å²) in [5.74, 6) is -0.00203. The van der Waals surface area contributed by atoms with E-state index < -0.39 is 5.97 Å². The second-order valence-corrected chi connectivity index (χ2v) is 8.76. The summed E-state index contributed by atoms with van der Waals surface area (Å²) in [6.45, 7) is 4.89. The number of unbranched alkanes of at least 4 members (excludes halogenated alkanes) is 3. The lowest BCUT2D eigenvalue weighted by Crippen LogP contribution is -2.04. The van der Waals surface area contributed by atoms with Crippen molar-refractivity contribution >= 4 is 17.1 Å². The number of hydrogen-bond acceptors (Lipinski definition) is 4. The molecule has 0 unspecified atom stereocenters. The summed E-state index contributed by atoms with van der Waals surface area (Å²) in [6.07, 6.45) is 3.70. The Morgan fingerprint density at radius 1 is 0.853 bits per heavy atom. The van der Waals surface area contributed by atoms with Crippen molar-refractivity contribution in [3.8, 4) is 28.4 Å². The van der Waals surface area contributed by atoms with Gasteiger partial charge in [0.2, 0.25) is 0 Å². The van der Waals surface area contributed by atoms with Crippen LogP contribution in [0.3, 0.4) is 0 Å². The molecule has 6 nitrogen and oxygen atoms in total. The maximum absolute atomic E-state index is 10.7. The van der Waals surface area contributed by atoms with Crippen LogP contribution < -0.4 is 4.74 Å². The summed E-state index contributed by atoms with van der Waals surface area (Å²) in [6, 6.07) is 18.7. The molecule has 2 aromatic heterocycles. The van der Waals surface area contributed by atoms with Gasteiger partial charge in [-0.1, -0.05) is 72.5 Å². The average molecular weight is 458 g/mol. The minimum Gasteiger partial charge on any atom is -0.482 e. The van der Waals surface area contributed by atoms with Crippen LogP contribution in [0.4, 0.5) is 0 Å². The first kappa shape index (κ1) is 23.5.